The standard InChI is InChI=1S/C12H18N2O3/c1-8(2)9-3-5-14(6-4-9)12-13-10(7-17-12)11(15)16/h7-9H,3-6H2,1-2H3,(H,15,16). The quantitative estimate of drug-likeness (QED) is 0.874. The van der Waals surface area contributed by atoms with Gasteiger partial charge in [0.25, 0.3) is 6.01 Å². The molecule has 0 spiro atoms. The van der Waals surface area contributed by atoms with Gasteiger partial charge in [0.1, 0.15) is 6.26 Å². The highest BCUT2D eigenvalue weighted by atomic mass is 16.4. The lowest BCUT2D eigenvalue weighted by molar-refractivity contribution is 0.0690. The van der Waals surface area contributed by atoms with Crippen molar-refractivity contribution in [1.29, 1.82) is 0 Å². The van der Waals surface area contributed by atoms with Gasteiger partial charge in [0.2, 0.25) is 0 Å². The van der Waals surface area contributed by atoms with Crippen molar-refractivity contribution >= 4 is 12.0 Å². The van der Waals surface area contributed by atoms with Crippen LogP contribution < -0.4 is 4.90 Å². The van der Waals surface area contributed by atoms with Crippen molar-refractivity contribution in [2.45, 2.75) is 26.7 Å². The molecule has 0 aliphatic carbocycles. The van der Waals surface area contributed by atoms with Gasteiger partial charge in [-0.1, -0.05) is 13.8 Å². The van der Waals surface area contributed by atoms with Crippen molar-refractivity contribution in [3.8, 4) is 0 Å². The fourth-order valence-electron chi connectivity index (χ4n) is 2.27. The number of anilines is 1. The minimum atomic E-state index is -1.04. The lowest BCUT2D eigenvalue weighted by Crippen LogP contribution is -2.35. The largest absolute Gasteiger partial charge is 0.476 e. The second-order valence-corrected chi connectivity index (χ2v) is 4.89. The van der Waals surface area contributed by atoms with Gasteiger partial charge in [0, 0.05) is 13.1 Å². The maximum absolute atomic E-state index is 10.7. The predicted molar refractivity (Wildman–Crippen MR) is 63.2 cm³/mol. The number of nitrogens with zero attached hydrogens (tertiary/aromatic N) is 2. The van der Waals surface area contributed by atoms with E-state index in [1.807, 2.05) is 4.90 Å². The highest BCUT2D eigenvalue weighted by molar-refractivity contribution is 5.85. The van der Waals surface area contributed by atoms with E-state index in [0.29, 0.717) is 11.9 Å². The zero-order valence-corrected chi connectivity index (χ0v) is 10.2. The number of piperidine rings is 1. The number of hydrogen-bond donors (Lipinski definition) is 1. The van der Waals surface area contributed by atoms with Crippen molar-refractivity contribution < 1.29 is 14.3 Å². The molecular weight excluding hydrogens is 220 g/mol. The summed E-state index contributed by atoms with van der Waals surface area (Å²) in [6.45, 7) is 6.27. The van der Waals surface area contributed by atoms with Crippen molar-refractivity contribution in [2.24, 2.45) is 11.8 Å². The number of oxazole rings is 1. The third-order valence-corrected chi connectivity index (χ3v) is 3.46. The molecule has 2 heterocycles. The predicted octanol–water partition coefficient (Wildman–Crippen LogP) is 2.25. The second kappa shape index (κ2) is 4.77. The van der Waals surface area contributed by atoms with E-state index in [-0.39, 0.29) is 5.69 Å². The number of carboxylic acid groups (broad SMARTS) is 1. The topological polar surface area (TPSA) is 66.6 Å². The molecule has 94 valence electrons. The molecule has 0 radical (unpaired) electrons. The van der Waals surface area contributed by atoms with Crippen LogP contribution in [0.3, 0.4) is 0 Å². The first-order valence-corrected chi connectivity index (χ1v) is 6.01. The van der Waals surface area contributed by atoms with Crippen molar-refractivity contribution in [1.82, 2.24) is 4.98 Å². The highest BCUT2D eigenvalue weighted by Gasteiger charge is 2.24. The highest BCUT2D eigenvalue weighted by Crippen LogP contribution is 2.27. The number of aromatic nitrogens is 1. The third-order valence-electron chi connectivity index (χ3n) is 3.46. The Bertz CT molecular complexity index is 392. The van der Waals surface area contributed by atoms with Gasteiger partial charge in [-0.25, -0.2) is 4.79 Å². The summed E-state index contributed by atoms with van der Waals surface area (Å²) in [5, 5.41) is 8.77. The first-order valence-electron chi connectivity index (χ1n) is 6.01. The van der Waals surface area contributed by atoms with Crippen LogP contribution in [0.4, 0.5) is 6.01 Å². The number of rotatable bonds is 3. The van der Waals surface area contributed by atoms with Crippen LogP contribution >= 0.6 is 0 Å². The fraction of sp³-hybridized carbons (Fsp3) is 0.667. The van der Waals surface area contributed by atoms with Crippen LogP contribution in [0.5, 0.6) is 0 Å². The Kier molecular flexibility index (Phi) is 3.36. The van der Waals surface area contributed by atoms with Gasteiger partial charge in [-0.2, -0.15) is 4.98 Å². The van der Waals surface area contributed by atoms with Crippen LogP contribution in [-0.2, 0) is 0 Å². The Morgan fingerprint density at radius 3 is 2.65 bits per heavy atom. The summed E-state index contributed by atoms with van der Waals surface area (Å²) in [5.74, 6) is 0.411. The van der Waals surface area contributed by atoms with E-state index in [2.05, 4.69) is 18.8 Å². The molecule has 5 nitrogen and oxygen atoms in total. The Hall–Kier alpha value is -1.52. The molecule has 1 N–H and O–H groups in total. The molecule has 1 aliphatic rings. The summed E-state index contributed by atoms with van der Waals surface area (Å²) < 4.78 is 5.20. The SMILES string of the molecule is CC(C)C1CCN(c2nc(C(=O)O)co2)CC1. The molecule has 0 bridgehead atoms. The average Bonchev–Trinajstić information content (AvgIpc) is 2.78. The number of carbonyl (C=O) groups is 1. The van der Waals surface area contributed by atoms with Gasteiger partial charge in [0.15, 0.2) is 5.69 Å². The molecule has 1 aromatic heterocycles. The number of hydrogen-bond acceptors (Lipinski definition) is 4. The minimum Gasteiger partial charge on any atom is -0.476 e. The number of carboxylic acids is 1. The molecule has 1 saturated heterocycles. The van der Waals surface area contributed by atoms with Crippen LogP contribution in [0, 0.1) is 11.8 Å². The van der Waals surface area contributed by atoms with Gasteiger partial charge < -0.3 is 14.4 Å². The molecule has 1 fully saturated rings. The normalized spacial score (nSPS) is 17.7. The first-order chi connectivity index (χ1) is 8.08. The van der Waals surface area contributed by atoms with E-state index >= 15 is 0 Å². The smallest absolute Gasteiger partial charge is 0.357 e. The third kappa shape index (κ3) is 2.60. The molecule has 5 heteroatoms. The molecular formula is C12H18N2O3. The number of aromatic carboxylic acids is 1. The van der Waals surface area contributed by atoms with Gasteiger partial charge in [-0.05, 0) is 24.7 Å². The van der Waals surface area contributed by atoms with Crippen molar-refractivity contribution in [2.75, 3.05) is 18.0 Å². The summed E-state index contributed by atoms with van der Waals surface area (Å²) in [7, 11) is 0. The first kappa shape index (κ1) is 12.0. The van der Waals surface area contributed by atoms with Crippen LogP contribution in [-0.4, -0.2) is 29.1 Å². The summed E-state index contributed by atoms with van der Waals surface area (Å²) in [5.41, 5.74) is -0.0222. The van der Waals surface area contributed by atoms with Crippen molar-refractivity contribution in [3.05, 3.63) is 12.0 Å². The van der Waals surface area contributed by atoms with E-state index in [1.165, 1.54) is 6.26 Å². The Labute approximate surface area is 100 Å². The maximum atomic E-state index is 10.7. The van der Waals surface area contributed by atoms with Gasteiger partial charge in [-0.3, -0.25) is 0 Å². The Balaban J connectivity index is 1.98. The second-order valence-electron chi connectivity index (χ2n) is 4.89. The fourth-order valence-corrected chi connectivity index (χ4v) is 2.27. The molecule has 1 aromatic rings. The lowest BCUT2D eigenvalue weighted by atomic mass is 9.87. The Morgan fingerprint density at radius 1 is 1.53 bits per heavy atom. The summed E-state index contributed by atoms with van der Waals surface area (Å²) in [6, 6.07) is 0.435. The zero-order chi connectivity index (χ0) is 12.4. The molecule has 0 unspecified atom stereocenters. The molecule has 17 heavy (non-hydrogen) atoms. The van der Waals surface area contributed by atoms with E-state index in [1.54, 1.807) is 0 Å². The monoisotopic (exact) mass is 238 g/mol. The molecule has 0 aromatic carbocycles. The van der Waals surface area contributed by atoms with Crippen LogP contribution in [0.25, 0.3) is 0 Å². The summed E-state index contributed by atoms with van der Waals surface area (Å²) in [4.78, 5) is 16.7. The lowest BCUT2D eigenvalue weighted by Gasteiger charge is -2.32. The van der Waals surface area contributed by atoms with Gasteiger partial charge in [0.05, 0.1) is 0 Å². The van der Waals surface area contributed by atoms with E-state index in [0.717, 1.165) is 31.8 Å². The van der Waals surface area contributed by atoms with Gasteiger partial charge in [-0.15, -0.1) is 0 Å². The van der Waals surface area contributed by atoms with E-state index in [9.17, 15) is 4.79 Å². The summed E-state index contributed by atoms with van der Waals surface area (Å²) in [6.07, 6.45) is 3.43. The molecule has 0 atom stereocenters. The molecule has 1 aliphatic heterocycles. The molecule has 2 rings (SSSR count). The maximum Gasteiger partial charge on any atom is 0.357 e. The molecule has 0 amide bonds. The Morgan fingerprint density at radius 2 is 2.18 bits per heavy atom. The van der Waals surface area contributed by atoms with E-state index in [4.69, 9.17) is 9.52 Å². The summed E-state index contributed by atoms with van der Waals surface area (Å²) >= 11 is 0. The van der Waals surface area contributed by atoms with Crippen molar-refractivity contribution in [3.63, 3.8) is 0 Å². The van der Waals surface area contributed by atoms with E-state index < -0.39 is 5.97 Å². The van der Waals surface area contributed by atoms with Crippen LogP contribution in [0.15, 0.2) is 10.7 Å². The minimum absolute atomic E-state index is 0.0222. The van der Waals surface area contributed by atoms with Crippen LogP contribution in [0.2, 0.25) is 0 Å². The zero-order valence-electron chi connectivity index (χ0n) is 10.2. The van der Waals surface area contributed by atoms with Gasteiger partial charge >= 0.3 is 5.97 Å². The molecule has 0 saturated carbocycles. The van der Waals surface area contributed by atoms with Crippen LogP contribution in [0.1, 0.15) is 37.2 Å². The average molecular weight is 238 g/mol.